The van der Waals surface area contributed by atoms with E-state index in [2.05, 4.69) is 0 Å². The van der Waals surface area contributed by atoms with Crippen molar-refractivity contribution in [3.05, 3.63) is 65.7 Å². The highest BCUT2D eigenvalue weighted by Crippen LogP contribution is 2.13. The highest BCUT2D eigenvalue weighted by molar-refractivity contribution is 5.80. The van der Waals surface area contributed by atoms with Gasteiger partial charge in [-0.25, -0.2) is 0 Å². The zero-order valence-electron chi connectivity index (χ0n) is 15.8. The molecule has 0 radical (unpaired) electrons. The Morgan fingerprint density at radius 3 is 2.30 bits per heavy atom. The molecule has 2 amide bonds. The van der Waals surface area contributed by atoms with Crippen molar-refractivity contribution in [2.45, 2.75) is 19.8 Å². The van der Waals surface area contributed by atoms with E-state index in [9.17, 15) is 9.59 Å². The molecular weight excluding hydrogens is 340 g/mol. The van der Waals surface area contributed by atoms with E-state index in [1.54, 1.807) is 4.90 Å². The molecule has 0 unspecified atom stereocenters. The van der Waals surface area contributed by atoms with Crippen LogP contribution in [0.3, 0.4) is 0 Å². The second-order valence-electron chi connectivity index (χ2n) is 6.88. The Morgan fingerprint density at radius 1 is 0.889 bits per heavy atom. The van der Waals surface area contributed by atoms with Crippen molar-refractivity contribution in [1.29, 1.82) is 0 Å². The topological polar surface area (TPSA) is 49.9 Å². The van der Waals surface area contributed by atoms with Crippen LogP contribution in [-0.4, -0.2) is 54.4 Å². The minimum absolute atomic E-state index is 0.0292. The maximum atomic E-state index is 12.5. The molecule has 27 heavy (non-hydrogen) atoms. The average Bonchev–Trinajstić information content (AvgIpc) is 2.93. The standard InChI is InChI=1S/C22H26N2O3/c1-18-7-5-10-20(15-18)27-17-22(26)24-12-6-11-23(13-14-24)21(25)16-19-8-3-2-4-9-19/h2-5,7-10,15H,6,11-14,16-17H2,1H3. The lowest BCUT2D eigenvalue weighted by Crippen LogP contribution is -2.39. The zero-order valence-corrected chi connectivity index (χ0v) is 15.8. The van der Waals surface area contributed by atoms with E-state index in [0.717, 1.165) is 17.5 Å². The van der Waals surface area contributed by atoms with Gasteiger partial charge in [-0.2, -0.15) is 0 Å². The molecule has 0 aliphatic carbocycles. The summed E-state index contributed by atoms with van der Waals surface area (Å²) in [6.45, 7) is 4.49. The van der Waals surface area contributed by atoms with Crippen LogP contribution in [0.2, 0.25) is 0 Å². The van der Waals surface area contributed by atoms with Crippen LogP contribution in [0.5, 0.6) is 5.75 Å². The minimum atomic E-state index is -0.0335. The van der Waals surface area contributed by atoms with Crippen molar-refractivity contribution in [3.63, 3.8) is 0 Å². The van der Waals surface area contributed by atoms with Crippen LogP contribution in [-0.2, 0) is 16.0 Å². The van der Waals surface area contributed by atoms with Gasteiger partial charge in [-0.15, -0.1) is 0 Å². The smallest absolute Gasteiger partial charge is 0.260 e. The fraction of sp³-hybridized carbons (Fsp3) is 0.364. The van der Waals surface area contributed by atoms with Gasteiger partial charge >= 0.3 is 0 Å². The second-order valence-corrected chi connectivity index (χ2v) is 6.88. The molecule has 0 N–H and O–H groups in total. The molecule has 0 spiro atoms. The van der Waals surface area contributed by atoms with E-state index in [1.165, 1.54) is 0 Å². The summed E-state index contributed by atoms with van der Waals surface area (Å²) >= 11 is 0. The molecule has 5 nitrogen and oxygen atoms in total. The number of ether oxygens (including phenoxy) is 1. The Morgan fingerprint density at radius 2 is 1.59 bits per heavy atom. The number of carbonyl (C=O) groups is 2. The molecule has 0 saturated carbocycles. The molecule has 0 bridgehead atoms. The molecule has 1 aliphatic heterocycles. The third-order valence-corrected chi connectivity index (χ3v) is 4.75. The van der Waals surface area contributed by atoms with E-state index in [1.807, 2.05) is 66.4 Å². The first-order valence-electron chi connectivity index (χ1n) is 9.41. The van der Waals surface area contributed by atoms with Gasteiger partial charge in [-0.3, -0.25) is 9.59 Å². The van der Waals surface area contributed by atoms with Gasteiger partial charge in [0, 0.05) is 26.2 Å². The van der Waals surface area contributed by atoms with Gasteiger partial charge in [0.05, 0.1) is 6.42 Å². The van der Waals surface area contributed by atoms with Crippen molar-refractivity contribution in [3.8, 4) is 5.75 Å². The van der Waals surface area contributed by atoms with Crippen molar-refractivity contribution in [2.75, 3.05) is 32.8 Å². The molecule has 0 atom stereocenters. The Kier molecular flexibility index (Phi) is 6.47. The number of nitrogens with zero attached hydrogens (tertiary/aromatic N) is 2. The summed E-state index contributed by atoms with van der Waals surface area (Å²) < 4.78 is 5.62. The van der Waals surface area contributed by atoms with Gasteiger partial charge in [0.25, 0.3) is 5.91 Å². The first-order chi connectivity index (χ1) is 13.1. The maximum absolute atomic E-state index is 12.5. The largest absolute Gasteiger partial charge is 0.484 e. The SMILES string of the molecule is Cc1cccc(OCC(=O)N2CCCN(C(=O)Cc3ccccc3)CC2)c1. The molecule has 1 heterocycles. The van der Waals surface area contributed by atoms with E-state index in [0.29, 0.717) is 38.3 Å². The quantitative estimate of drug-likeness (QED) is 0.817. The number of hydrogen-bond acceptors (Lipinski definition) is 3. The highest BCUT2D eigenvalue weighted by Gasteiger charge is 2.22. The lowest BCUT2D eigenvalue weighted by molar-refractivity contribution is -0.134. The van der Waals surface area contributed by atoms with Crippen molar-refractivity contribution < 1.29 is 14.3 Å². The van der Waals surface area contributed by atoms with Gasteiger partial charge in [-0.1, -0.05) is 42.5 Å². The van der Waals surface area contributed by atoms with Crippen LogP contribution in [0.1, 0.15) is 17.5 Å². The predicted octanol–water partition coefficient (Wildman–Crippen LogP) is 2.68. The summed E-state index contributed by atoms with van der Waals surface area (Å²) in [6, 6.07) is 17.4. The first-order valence-corrected chi connectivity index (χ1v) is 9.41. The lowest BCUT2D eigenvalue weighted by Gasteiger charge is -2.22. The van der Waals surface area contributed by atoms with E-state index in [-0.39, 0.29) is 18.4 Å². The number of carbonyl (C=O) groups excluding carboxylic acids is 2. The Hall–Kier alpha value is -2.82. The van der Waals surface area contributed by atoms with Gasteiger partial charge in [-0.05, 0) is 36.6 Å². The number of rotatable bonds is 5. The molecule has 2 aromatic carbocycles. The van der Waals surface area contributed by atoms with E-state index < -0.39 is 0 Å². The molecule has 142 valence electrons. The molecule has 1 saturated heterocycles. The monoisotopic (exact) mass is 366 g/mol. The van der Waals surface area contributed by atoms with Gasteiger partial charge < -0.3 is 14.5 Å². The number of amides is 2. The third-order valence-electron chi connectivity index (χ3n) is 4.75. The zero-order chi connectivity index (χ0) is 19.1. The van der Waals surface area contributed by atoms with Crippen LogP contribution >= 0.6 is 0 Å². The Bertz CT molecular complexity index is 776. The summed E-state index contributed by atoms with van der Waals surface area (Å²) in [5, 5.41) is 0. The van der Waals surface area contributed by atoms with Crippen molar-refractivity contribution in [1.82, 2.24) is 9.80 Å². The van der Waals surface area contributed by atoms with Crippen molar-refractivity contribution in [2.24, 2.45) is 0 Å². The maximum Gasteiger partial charge on any atom is 0.260 e. The highest BCUT2D eigenvalue weighted by atomic mass is 16.5. The summed E-state index contributed by atoms with van der Waals surface area (Å²) in [6.07, 6.45) is 1.20. The fourth-order valence-corrected chi connectivity index (χ4v) is 3.24. The Balaban J connectivity index is 1.48. The first kappa shape index (κ1) is 19.0. The van der Waals surface area contributed by atoms with Gasteiger partial charge in [0.2, 0.25) is 5.91 Å². The number of aryl methyl sites for hydroxylation is 1. The van der Waals surface area contributed by atoms with E-state index in [4.69, 9.17) is 4.74 Å². The number of benzene rings is 2. The molecule has 3 rings (SSSR count). The van der Waals surface area contributed by atoms with Crippen LogP contribution in [0.25, 0.3) is 0 Å². The molecular formula is C22H26N2O3. The molecule has 5 heteroatoms. The van der Waals surface area contributed by atoms with Gasteiger partial charge in [0.15, 0.2) is 6.61 Å². The average molecular weight is 366 g/mol. The Labute approximate surface area is 160 Å². The lowest BCUT2D eigenvalue weighted by atomic mass is 10.1. The molecule has 0 aromatic heterocycles. The molecule has 1 aliphatic rings. The molecule has 2 aromatic rings. The summed E-state index contributed by atoms with van der Waals surface area (Å²) in [7, 11) is 0. The van der Waals surface area contributed by atoms with Crippen LogP contribution < -0.4 is 4.74 Å². The second kappa shape index (κ2) is 9.21. The van der Waals surface area contributed by atoms with Crippen LogP contribution in [0, 0.1) is 6.92 Å². The van der Waals surface area contributed by atoms with Gasteiger partial charge in [0.1, 0.15) is 5.75 Å². The van der Waals surface area contributed by atoms with Crippen molar-refractivity contribution >= 4 is 11.8 Å². The number of hydrogen-bond donors (Lipinski definition) is 0. The predicted molar refractivity (Wildman–Crippen MR) is 105 cm³/mol. The summed E-state index contributed by atoms with van der Waals surface area (Å²) in [5.74, 6) is 0.790. The fourth-order valence-electron chi connectivity index (χ4n) is 3.24. The minimum Gasteiger partial charge on any atom is -0.484 e. The van der Waals surface area contributed by atoms with E-state index >= 15 is 0 Å². The summed E-state index contributed by atoms with van der Waals surface area (Å²) in [4.78, 5) is 28.7. The van der Waals surface area contributed by atoms with Crippen LogP contribution in [0.15, 0.2) is 54.6 Å². The summed E-state index contributed by atoms with van der Waals surface area (Å²) in [5.41, 5.74) is 2.12. The molecule has 1 fully saturated rings. The third kappa shape index (κ3) is 5.58. The normalized spacial score (nSPS) is 14.6. The van der Waals surface area contributed by atoms with Crippen LogP contribution in [0.4, 0.5) is 0 Å².